The average molecular weight is 811 g/mol. The molecule has 0 saturated heterocycles. The van der Waals surface area contributed by atoms with Crippen LogP contribution in [0.15, 0.2) is 170 Å². The molecule has 61 heavy (non-hydrogen) atoms. The molecule has 0 saturated carbocycles. The van der Waals surface area contributed by atoms with Crippen LogP contribution in [0.5, 0.6) is 23.0 Å². The summed E-state index contributed by atoms with van der Waals surface area (Å²) in [6, 6.07) is 54.4. The molecule has 0 amide bonds. The van der Waals surface area contributed by atoms with Crippen LogP contribution in [-0.2, 0) is 0 Å². The maximum Gasteiger partial charge on any atom is 0.187 e. The molecular formula is C50H31ClN8O2. The van der Waals surface area contributed by atoms with Crippen molar-refractivity contribution in [3.8, 4) is 74.1 Å². The number of pyridine rings is 2. The number of rotatable bonds is 8. The third-order valence-electron chi connectivity index (χ3n) is 9.41. The van der Waals surface area contributed by atoms with E-state index in [2.05, 4.69) is 30.9 Å². The average Bonchev–Trinajstić information content (AvgIpc) is 3.70. The standard InChI is InChI=1S/C25H14ClN3O.C25H17N5O/c1-28-19-7-5-6-18(14-19)24-15-23(26)22(16-27)25(29-24)17-10-12-21(13-11-17)30-20-8-3-2-4-9-20;1-27-18-7-5-6-17(14-18)21-15-22-23(25(26)30-29-22)24(28-21)16-10-12-20(13-11-16)31-19-8-3-2-4-9-19/h2-15H;2-15H,(H3,26,29,30). The van der Waals surface area contributed by atoms with Gasteiger partial charge in [-0.3, -0.25) is 5.10 Å². The van der Waals surface area contributed by atoms with Crippen LogP contribution in [0.3, 0.4) is 0 Å². The van der Waals surface area contributed by atoms with Crippen molar-refractivity contribution in [3.63, 3.8) is 0 Å². The second kappa shape index (κ2) is 17.8. The Morgan fingerprint density at radius 2 is 1.03 bits per heavy atom. The topological polar surface area (TPSA) is 131 Å². The number of nitrogens with zero attached hydrogens (tertiary/aromatic N) is 6. The van der Waals surface area contributed by atoms with Crippen LogP contribution in [0.2, 0.25) is 5.02 Å². The highest BCUT2D eigenvalue weighted by Crippen LogP contribution is 2.36. The van der Waals surface area contributed by atoms with Crippen LogP contribution in [0.1, 0.15) is 5.56 Å². The fourth-order valence-corrected chi connectivity index (χ4v) is 6.72. The van der Waals surface area contributed by atoms with Gasteiger partial charge in [-0.15, -0.1) is 0 Å². The van der Waals surface area contributed by atoms with Gasteiger partial charge in [0.05, 0.1) is 57.4 Å². The van der Waals surface area contributed by atoms with Gasteiger partial charge >= 0.3 is 0 Å². The Balaban J connectivity index is 0.000000169. The Kier molecular flexibility index (Phi) is 11.4. The molecule has 0 fully saturated rings. The lowest BCUT2D eigenvalue weighted by Crippen LogP contribution is -1.94. The number of hydrogen-bond donors (Lipinski definition) is 2. The van der Waals surface area contributed by atoms with E-state index in [1.807, 2.05) is 140 Å². The molecule has 0 unspecified atom stereocenters. The summed E-state index contributed by atoms with van der Waals surface area (Å²) in [5.74, 6) is 3.31. The van der Waals surface area contributed by atoms with Crippen molar-refractivity contribution in [2.75, 3.05) is 5.73 Å². The molecule has 9 rings (SSSR count). The van der Waals surface area contributed by atoms with Crippen molar-refractivity contribution in [3.05, 3.63) is 203 Å². The number of nitrogens with two attached hydrogens (primary N) is 1. The number of halogens is 1. The third kappa shape index (κ3) is 8.89. The summed E-state index contributed by atoms with van der Waals surface area (Å²) >= 11 is 6.40. The first kappa shape index (κ1) is 39.1. The summed E-state index contributed by atoms with van der Waals surface area (Å²) in [4.78, 5) is 16.5. The van der Waals surface area contributed by atoms with Crippen LogP contribution in [0.4, 0.5) is 17.2 Å². The van der Waals surface area contributed by atoms with Crippen LogP contribution in [-0.4, -0.2) is 20.2 Å². The number of para-hydroxylation sites is 2. The predicted octanol–water partition coefficient (Wildman–Crippen LogP) is 13.5. The van der Waals surface area contributed by atoms with E-state index in [0.717, 1.165) is 61.8 Å². The summed E-state index contributed by atoms with van der Waals surface area (Å²) in [5.41, 5.74) is 14.1. The fourth-order valence-electron chi connectivity index (χ4n) is 6.48. The van der Waals surface area contributed by atoms with E-state index >= 15 is 0 Å². The molecule has 3 heterocycles. The summed E-state index contributed by atoms with van der Waals surface area (Å²) in [5, 5.41) is 17.8. The number of hydrogen-bond acceptors (Lipinski definition) is 7. The quantitative estimate of drug-likeness (QED) is 0.146. The molecule has 0 aliphatic carbocycles. The lowest BCUT2D eigenvalue weighted by Gasteiger charge is -2.11. The number of nitrogen functional groups attached to an aromatic ring is 1. The summed E-state index contributed by atoms with van der Waals surface area (Å²) in [6.07, 6.45) is 0. The zero-order chi connectivity index (χ0) is 42.1. The number of nitriles is 1. The smallest absolute Gasteiger partial charge is 0.187 e. The van der Waals surface area contributed by atoms with Gasteiger partial charge in [-0.25, -0.2) is 19.7 Å². The maximum absolute atomic E-state index is 9.61. The summed E-state index contributed by atoms with van der Waals surface area (Å²) in [6.45, 7) is 14.5. The van der Waals surface area contributed by atoms with Crippen molar-refractivity contribution in [2.24, 2.45) is 0 Å². The number of fused-ring (bicyclic) bond motifs is 1. The number of aromatic amines is 1. The van der Waals surface area contributed by atoms with Gasteiger partial charge in [-0.2, -0.15) is 10.4 Å². The Morgan fingerprint density at radius 1 is 0.557 bits per heavy atom. The van der Waals surface area contributed by atoms with E-state index < -0.39 is 0 Å². The highest BCUT2D eigenvalue weighted by Gasteiger charge is 2.17. The highest BCUT2D eigenvalue weighted by molar-refractivity contribution is 6.32. The normalized spacial score (nSPS) is 10.4. The Morgan fingerprint density at radius 3 is 1.54 bits per heavy atom. The Labute approximate surface area is 356 Å². The number of anilines is 1. The SMILES string of the molecule is [C-]#[N+]c1cccc(-c2cc(Cl)c(C#N)c(-c3ccc(Oc4ccccc4)cc3)n2)c1.[C-]#[N+]c1cccc(-c2cc3[nH]nc(N)c3c(-c3ccc(Oc4ccccc4)cc3)n2)c1. The fraction of sp³-hybridized carbons (Fsp3) is 0. The van der Waals surface area contributed by atoms with Gasteiger partial charge in [0, 0.05) is 11.1 Å². The monoisotopic (exact) mass is 810 g/mol. The van der Waals surface area contributed by atoms with Crippen LogP contribution in [0.25, 0.3) is 65.6 Å². The Hall–Kier alpha value is -8.75. The number of H-pyrrole nitrogens is 1. The number of nitrogens with one attached hydrogen (secondary N) is 1. The first-order valence-electron chi connectivity index (χ1n) is 18.8. The molecule has 6 aromatic carbocycles. The first-order chi connectivity index (χ1) is 29.9. The second-order valence-electron chi connectivity index (χ2n) is 13.4. The molecule has 10 nitrogen and oxygen atoms in total. The molecule has 11 heteroatoms. The molecule has 0 spiro atoms. The third-order valence-corrected chi connectivity index (χ3v) is 9.71. The van der Waals surface area contributed by atoms with E-state index in [-0.39, 0.29) is 0 Å². The van der Waals surface area contributed by atoms with Gasteiger partial charge in [-0.1, -0.05) is 84.4 Å². The van der Waals surface area contributed by atoms with Crippen LogP contribution < -0.4 is 15.2 Å². The number of ether oxygens (including phenoxy) is 2. The van der Waals surface area contributed by atoms with Gasteiger partial charge in [0.2, 0.25) is 0 Å². The van der Waals surface area contributed by atoms with Gasteiger partial charge < -0.3 is 15.2 Å². The van der Waals surface area contributed by atoms with Crippen molar-refractivity contribution in [1.29, 1.82) is 5.26 Å². The minimum Gasteiger partial charge on any atom is -0.457 e. The molecule has 0 aliphatic rings. The summed E-state index contributed by atoms with van der Waals surface area (Å²) < 4.78 is 11.7. The van der Waals surface area contributed by atoms with Crippen LogP contribution in [0, 0.1) is 24.5 Å². The molecule has 0 bridgehead atoms. The lowest BCUT2D eigenvalue weighted by molar-refractivity contribution is 0.482. The first-order valence-corrected chi connectivity index (χ1v) is 19.1. The minimum absolute atomic E-state index is 0.304. The lowest BCUT2D eigenvalue weighted by atomic mass is 10.0. The molecule has 0 aliphatic heterocycles. The highest BCUT2D eigenvalue weighted by atomic mass is 35.5. The zero-order valence-corrected chi connectivity index (χ0v) is 32.9. The molecule has 3 N–H and O–H groups in total. The van der Waals surface area contributed by atoms with Gasteiger partial charge in [-0.05, 0) is 108 Å². The van der Waals surface area contributed by atoms with Crippen molar-refractivity contribution in [1.82, 2.24) is 20.2 Å². The van der Waals surface area contributed by atoms with E-state index in [1.54, 1.807) is 30.3 Å². The largest absolute Gasteiger partial charge is 0.457 e. The van der Waals surface area contributed by atoms with Crippen molar-refractivity contribution >= 4 is 39.7 Å². The Bertz CT molecular complexity index is 3130. The van der Waals surface area contributed by atoms with Crippen molar-refractivity contribution < 1.29 is 9.47 Å². The summed E-state index contributed by atoms with van der Waals surface area (Å²) in [7, 11) is 0. The maximum atomic E-state index is 9.61. The molecule has 0 atom stereocenters. The predicted molar refractivity (Wildman–Crippen MR) is 240 cm³/mol. The van der Waals surface area contributed by atoms with Gasteiger partial charge in [0.1, 0.15) is 29.1 Å². The second-order valence-corrected chi connectivity index (χ2v) is 13.8. The van der Waals surface area contributed by atoms with E-state index in [0.29, 0.717) is 44.9 Å². The molecule has 0 radical (unpaired) electrons. The molecular weight excluding hydrogens is 780 g/mol. The molecule has 3 aromatic heterocycles. The number of aromatic nitrogens is 4. The van der Waals surface area contributed by atoms with Gasteiger partial charge in [0.25, 0.3) is 0 Å². The van der Waals surface area contributed by atoms with Crippen molar-refractivity contribution in [2.45, 2.75) is 0 Å². The minimum atomic E-state index is 0.304. The van der Waals surface area contributed by atoms with E-state index in [4.69, 9.17) is 44.9 Å². The van der Waals surface area contributed by atoms with Gasteiger partial charge in [0.15, 0.2) is 17.2 Å². The molecule has 9 aromatic rings. The molecule has 290 valence electrons. The number of benzene rings is 6. The van der Waals surface area contributed by atoms with E-state index in [9.17, 15) is 5.26 Å². The zero-order valence-electron chi connectivity index (χ0n) is 32.1. The van der Waals surface area contributed by atoms with E-state index in [1.165, 1.54) is 0 Å². The van der Waals surface area contributed by atoms with Crippen LogP contribution >= 0.6 is 11.6 Å².